The second kappa shape index (κ2) is 11.0. The minimum atomic E-state index is -0.926. The Balaban J connectivity index is 1.50. The minimum absolute atomic E-state index is 0.0371. The standard InChI is InChI=1S/C27H27ClFN5O3/c1-15(2)10-24(33-26(36)23-12-18-20(29)7-5-9-21(18)31-23)27(37)34-14-16(11-17(34)13-30)25(35)32-22-8-4-3-6-19(22)28/h3-9,12,15-17,24,31H,10-11,14H2,1-2H3,(H,32,35)(H,33,36). The maximum absolute atomic E-state index is 14.1. The number of anilines is 1. The number of carbonyl (C=O) groups excluding carboxylic acids is 3. The summed E-state index contributed by atoms with van der Waals surface area (Å²) >= 11 is 6.14. The van der Waals surface area contributed by atoms with Gasteiger partial charge in [0.2, 0.25) is 11.8 Å². The van der Waals surface area contributed by atoms with Gasteiger partial charge in [0, 0.05) is 17.4 Å². The van der Waals surface area contributed by atoms with E-state index in [-0.39, 0.29) is 35.9 Å². The van der Waals surface area contributed by atoms with Crippen LogP contribution in [0.25, 0.3) is 10.9 Å². The molecule has 3 N–H and O–H groups in total. The molecule has 3 amide bonds. The van der Waals surface area contributed by atoms with Crippen LogP contribution in [0.1, 0.15) is 37.2 Å². The van der Waals surface area contributed by atoms with E-state index >= 15 is 0 Å². The number of fused-ring (bicyclic) bond motifs is 1. The molecule has 0 saturated carbocycles. The van der Waals surface area contributed by atoms with Gasteiger partial charge in [-0.25, -0.2) is 4.39 Å². The number of aromatic amines is 1. The summed E-state index contributed by atoms with van der Waals surface area (Å²) < 4.78 is 14.1. The average Bonchev–Trinajstić information content (AvgIpc) is 3.50. The quantitative estimate of drug-likeness (QED) is 0.423. The van der Waals surface area contributed by atoms with Crippen LogP contribution in [-0.2, 0) is 9.59 Å². The number of carbonyl (C=O) groups is 3. The molecule has 1 aliphatic rings. The Hall–Kier alpha value is -3.90. The lowest BCUT2D eigenvalue weighted by Crippen LogP contribution is -2.50. The fourth-order valence-corrected chi connectivity index (χ4v) is 4.74. The number of rotatable bonds is 7. The van der Waals surface area contributed by atoms with E-state index in [2.05, 4.69) is 21.7 Å². The number of likely N-dealkylation sites (tertiary alicyclic amines) is 1. The number of nitrogens with zero attached hydrogens (tertiary/aromatic N) is 2. The highest BCUT2D eigenvalue weighted by Crippen LogP contribution is 2.28. The zero-order valence-corrected chi connectivity index (χ0v) is 21.2. The lowest BCUT2D eigenvalue weighted by Gasteiger charge is -2.27. The van der Waals surface area contributed by atoms with Crippen LogP contribution in [-0.4, -0.2) is 46.2 Å². The molecule has 1 fully saturated rings. The smallest absolute Gasteiger partial charge is 0.268 e. The topological polar surface area (TPSA) is 118 Å². The van der Waals surface area contributed by atoms with E-state index in [1.54, 1.807) is 30.3 Å². The maximum Gasteiger partial charge on any atom is 0.268 e. The Kier molecular flexibility index (Phi) is 7.79. The Morgan fingerprint density at radius 2 is 1.97 bits per heavy atom. The summed E-state index contributed by atoms with van der Waals surface area (Å²) in [5, 5.41) is 15.9. The molecule has 3 aromatic rings. The highest BCUT2D eigenvalue weighted by Gasteiger charge is 2.41. The van der Waals surface area contributed by atoms with Crippen LogP contribution in [0.4, 0.5) is 10.1 Å². The van der Waals surface area contributed by atoms with Crippen molar-refractivity contribution >= 4 is 45.9 Å². The van der Waals surface area contributed by atoms with Crippen molar-refractivity contribution < 1.29 is 18.8 Å². The summed E-state index contributed by atoms with van der Waals surface area (Å²) in [4.78, 5) is 43.7. The predicted molar refractivity (Wildman–Crippen MR) is 138 cm³/mol. The van der Waals surface area contributed by atoms with Gasteiger partial charge >= 0.3 is 0 Å². The number of hydrogen-bond donors (Lipinski definition) is 3. The number of benzene rings is 2. The molecule has 0 spiro atoms. The number of hydrogen-bond acceptors (Lipinski definition) is 4. The van der Waals surface area contributed by atoms with Gasteiger partial charge in [-0.3, -0.25) is 14.4 Å². The largest absolute Gasteiger partial charge is 0.350 e. The summed E-state index contributed by atoms with van der Waals surface area (Å²) in [6, 6.07) is 13.1. The van der Waals surface area contributed by atoms with Crippen LogP contribution in [0.3, 0.4) is 0 Å². The van der Waals surface area contributed by atoms with Crippen LogP contribution in [0.15, 0.2) is 48.5 Å². The zero-order chi connectivity index (χ0) is 26.7. The Morgan fingerprint density at radius 3 is 2.65 bits per heavy atom. The monoisotopic (exact) mass is 523 g/mol. The van der Waals surface area contributed by atoms with Crippen molar-refractivity contribution in [3.63, 3.8) is 0 Å². The van der Waals surface area contributed by atoms with Gasteiger partial charge in [0.05, 0.1) is 22.7 Å². The second-order valence-corrected chi connectivity index (χ2v) is 9.98. The zero-order valence-electron chi connectivity index (χ0n) is 20.4. The van der Waals surface area contributed by atoms with E-state index < -0.39 is 35.6 Å². The fraction of sp³-hybridized carbons (Fsp3) is 0.333. The second-order valence-electron chi connectivity index (χ2n) is 9.58. The third-order valence-electron chi connectivity index (χ3n) is 6.40. The lowest BCUT2D eigenvalue weighted by atomic mass is 10.0. The molecule has 8 nitrogen and oxygen atoms in total. The van der Waals surface area contributed by atoms with Gasteiger partial charge in [-0.1, -0.05) is 43.6 Å². The van der Waals surface area contributed by atoms with Crippen molar-refractivity contribution in [1.29, 1.82) is 5.26 Å². The molecule has 0 bridgehead atoms. The molecule has 2 aromatic carbocycles. The highest BCUT2D eigenvalue weighted by atomic mass is 35.5. The van der Waals surface area contributed by atoms with E-state index in [1.807, 2.05) is 13.8 Å². The normalized spacial score (nSPS) is 18.0. The van der Waals surface area contributed by atoms with Gasteiger partial charge in [0.15, 0.2) is 0 Å². The van der Waals surface area contributed by atoms with Crippen LogP contribution in [0.5, 0.6) is 0 Å². The average molecular weight is 524 g/mol. The van der Waals surface area contributed by atoms with Gasteiger partial charge < -0.3 is 20.5 Å². The number of aromatic nitrogens is 1. The summed E-state index contributed by atoms with van der Waals surface area (Å²) in [6.07, 6.45) is 0.493. The summed E-state index contributed by atoms with van der Waals surface area (Å²) in [5.74, 6) is -2.36. The fourth-order valence-electron chi connectivity index (χ4n) is 4.56. The van der Waals surface area contributed by atoms with Crippen molar-refractivity contribution in [2.24, 2.45) is 11.8 Å². The molecule has 10 heteroatoms. The minimum Gasteiger partial charge on any atom is -0.350 e. The van der Waals surface area contributed by atoms with Crippen LogP contribution in [0.2, 0.25) is 5.02 Å². The molecule has 192 valence electrons. The first-order chi connectivity index (χ1) is 17.7. The molecule has 1 aliphatic heterocycles. The Labute approximate surface area is 218 Å². The number of halogens is 2. The van der Waals surface area contributed by atoms with Gasteiger partial charge in [-0.2, -0.15) is 5.26 Å². The van der Waals surface area contributed by atoms with Crippen molar-refractivity contribution in [3.8, 4) is 6.07 Å². The maximum atomic E-state index is 14.1. The van der Waals surface area contributed by atoms with Crippen LogP contribution < -0.4 is 10.6 Å². The molecule has 1 aromatic heterocycles. The third kappa shape index (κ3) is 5.75. The molecule has 1 saturated heterocycles. The molecule has 0 aliphatic carbocycles. The molecule has 3 unspecified atom stereocenters. The molecular formula is C27H27ClFN5O3. The van der Waals surface area contributed by atoms with Crippen molar-refractivity contribution in [2.45, 2.75) is 38.8 Å². The number of para-hydroxylation sites is 1. The number of amides is 3. The van der Waals surface area contributed by atoms with E-state index in [4.69, 9.17) is 11.6 Å². The van der Waals surface area contributed by atoms with E-state index in [9.17, 15) is 24.0 Å². The van der Waals surface area contributed by atoms with Gasteiger partial charge in [0.25, 0.3) is 5.91 Å². The first kappa shape index (κ1) is 26.2. The van der Waals surface area contributed by atoms with Crippen molar-refractivity contribution in [3.05, 3.63) is 65.1 Å². The summed E-state index contributed by atoms with van der Waals surface area (Å²) in [7, 11) is 0. The molecular weight excluding hydrogens is 497 g/mol. The van der Waals surface area contributed by atoms with E-state index in [1.165, 1.54) is 23.1 Å². The van der Waals surface area contributed by atoms with Gasteiger partial charge in [0.1, 0.15) is 23.6 Å². The summed E-state index contributed by atoms with van der Waals surface area (Å²) in [6.45, 7) is 3.86. The molecule has 2 heterocycles. The van der Waals surface area contributed by atoms with Crippen molar-refractivity contribution in [2.75, 3.05) is 11.9 Å². The Morgan fingerprint density at radius 1 is 1.22 bits per heavy atom. The number of H-pyrrole nitrogens is 1. The predicted octanol–water partition coefficient (Wildman–Crippen LogP) is 4.48. The number of nitrogens with one attached hydrogen (secondary N) is 3. The molecule has 37 heavy (non-hydrogen) atoms. The Bertz CT molecular complexity index is 1380. The molecule has 4 rings (SSSR count). The molecule has 3 atom stereocenters. The van der Waals surface area contributed by atoms with Gasteiger partial charge in [-0.15, -0.1) is 0 Å². The van der Waals surface area contributed by atoms with Crippen LogP contribution >= 0.6 is 11.6 Å². The number of nitriles is 1. The highest BCUT2D eigenvalue weighted by molar-refractivity contribution is 6.33. The SMILES string of the molecule is CC(C)CC(NC(=O)c1cc2c(F)cccc2[nH]1)C(=O)N1CC(C(=O)Nc2ccccc2Cl)CC1C#N. The van der Waals surface area contributed by atoms with Gasteiger partial charge in [-0.05, 0) is 49.1 Å². The van der Waals surface area contributed by atoms with Crippen LogP contribution in [0, 0.1) is 29.0 Å². The van der Waals surface area contributed by atoms with E-state index in [0.717, 1.165) is 0 Å². The lowest BCUT2D eigenvalue weighted by molar-refractivity contribution is -0.133. The molecule has 0 radical (unpaired) electrons. The first-order valence-electron chi connectivity index (χ1n) is 12.0. The van der Waals surface area contributed by atoms with E-state index in [0.29, 0.717) is 22.6 Å². The third-order valence-corrected chi connectivity index (χ3v) is 6.73. The summed E-state index contributed by atoms with van der Waals surface area (Å²) in [5.41, 5.74) is 1.04. The first-order valence-corrected chi connectivity index (χ1v) is 12.4. The van der Waals surface area contributed by atoms with Crippen molar-refractivity contribution in [1.82, 2.24) is 15.2 Å².